The molecule has 4 N–H and O–H groups in total. The van der Waals surface area contributed by atoms with Crippen molar-refractivity contribution >= 4 is 33.5 Å². The number of hydrogen-bond acceptors (Lipinski definition) is 6. The van der Waals surface area contributed by atoms with Crippen LogP contribution in [0.5, 0.6) is 0 Å². The van der Waals surface area contributed by atoms with E-state index in [1.165, 1.54) is 4.31 Å². The van der Waals surface area contributed by atoms with Crippen molar-refractivity contribution < 1.29 is 22.7 Å². The third kappa shape index (κ3) is 11.2. The SMILES string of the molecule is CCCCCCNC(=O)Nc1ccc(S(=O)(=O)N2CCC(Nc3ccc(CCNC(=O)OC(C)(C)C)cc3)CC2)cc1. The van der Waals surface area contributed by atoms with Crippen LogP contribution in [-0.2, 0) is 21.2 Å². The highest BCUT2D eigenvalue weighted by Gasteiger charge is 2.29. The molecule has 10 nitrogen and oxygen atoms in total. The fourth-order valence-electron chi connectivity index (χ4n) is 4.66. The van der Waals surface area contributed by atoms with Gasteiger partial charge < -0.3 is 26.0 Å². The van der Waals surface area contributed by atoms with Gasteiger partial charge in [-0.3, -0.25) is 0 Å². The standard InChI is InChI=1S/C31H47N5O5S/c1-5-6-7-8-20-32-29(37)35-26-13-15-28(16-14-26)42(39,40)36-22-18-27(19-23-36)34-25-11-9-24(10-12-25)17-21-33-30(38)41-31(2,3)4/h9-16,27,34H,5-8,17-23H2,1-4H3,(H,33,38)(H2,32,35,37). The highest BCUT2D eigenvalue weighted by atomic mass is 32.2. The minimum absolute atomic E-state index is 0.170. The Bertz CT molecular complexity index is 1240. The molecule has 0 spiro atoms. The topological polar surface area (TPSA) is 129 Å². The van der Waals surface area contributed by atoms with Crippen molar-refractivity contribution in [3.05, 3.63) is 54.1 Å². The fourth-order valence-corrected chi connectivity index (χ4v) is 6.12. The zero-order valence-electron chi connectivity index (χ0n) is 25.4. The van der Waals surface area contributed by atoms with Crippen molar-refractivity contribution in [2.24, 2.45) is 0 Å². The summed E-state index contributed by atoms with van der Waals surface area (Å²) in [4.78, 5) is 24.1. The van der Waals surface area contributed by atoms with E-state index in [0.29, 0.717) is 51.1 Å². The molecule has 0 bridgehead atoms. The maximum atomic E-state index is 13.2. The molecule has 0 aromatic heterocycles. The van der Waals surface area contributed by atoms with Crippen LogP contribution in [0.2, 0.25) is 0 Å². The van der Waals surface area contributed by atoms with Gasteiger partial charge in [-0.05, 0) is 88.4 Å². The van der Waals surface area contributed by atoms with E-state index in [1.807, 2.05) is 45.0 Å². The van der Waals surface area contributed by atoms with E-state index < -0.39 is 21.7 Å². The van der Waals surface area contributed by atoms with Gasteiger partial charge in [0.2, 0.25) is 10.0 Å². The molecule has 0 atom stereocenters. The lowest BCUT2D eigenvalue weighted by Gasteiger charge is -2.32. The molecule has 3 rings (SSSR count). The van der Waals surface area contributed by atoms with Gasteiger partial charge in [0.15, 0.2) is 0 Å². The molecule has 1 saturated heterocycles. The largest absolute Gasteiger partial charge is 0.444 e. The Morgan fingerprint density at radius 1 is 0.881 bits per heavy atom. The lowest BCUT2D eigenvalue weighted by Crippen LogP contribution is -2.42. The Labute approximate surface area is 251 Å². The molecule has 11 heteroatoms. The first-order valence-electron chi connectivity index (χ1n) is 14.9. The molecular formula is C31H47N5O5S. The van der Waals surface area contributed by atoms with Crippen LogP contribution in [0.25, 0.3) is 0 Å². The first-order chi connectivity index (χ1) is 20.0. The van der Waals surface area contributed by atoms with E-state index in [0.717, 1.165) is 36.9 Å². The second-order valence-electron chi connectivity index (χ2n) is 11.7. The second kappa shape index (κ2) is 15.8. The molecule has 0 unspecified atom stereocenters. The number of nitrogens with zero attached hydrogens (tertiary/aromatic N) is 1. The lowest BCUT2D eigenvalue weighted by atomic mass is 10.1. The minimum Gasteiger partial charge on any atom is -0.444 e. The molecular weight excluding hydrogens is 554 g/mol. The summed E-state index contributed by atoms with van der Waals surface area (Å²) in [6.45, 7) is 9.59. The van der Waals surface area contributed by atoms with Gasteiger partial charge in [0.1, 0.15) is 5.60 Å². The second-order valence-corrected chi connectivity index (χ2v) is 13.6. The number of carbonyl (C=O) groups is 2. The highest BCUT2D eigenvalue weighted by Crippen LogP contribution is 2.24. The van der Waals surface area contributed by atoms with Crippen molar-refractivity contribution in [2.45, 2.75) is 89.2 Å². The number of rotatable bonds is 13. The van der Waals surface area contributed by atoms with E-state index in [-0.39, 0.29) is 17.0 Å². The van der Waals surface area contributed by atoms with Crippen LogP contribution >= 0.6 is 0 Å². The minimum atomic E-state index is -3.62. The van der Waals surface area contributed by atoms with Crippen molar-refractivity contribution in [2.75, 3.05) is 36.8 Å². The van der Waals surface area contributed by atoms with Crippen molar-refractivity contribution in [1.29, 1.82) is 0 Å². The fraction of sp³-hybridized carbons (Fsp3) is 0.548. The lowest BCUT2D eigenvalue weighted by molar-refractivity contribution is 0.0528. The number of alkyl carbamates (subject to hydrolysis) is 1. The molecule has 2 aromatic rings. The average molecular weight is 602 g/mol. The van der Waals surface area contributed by atoms with Crippen LogP contribution in [0.4, 0.5) is 21.0 Å². The molecule has 0 aliphatic carbocycles. The van der Waals surface area contributed by atoms with E-state index >= 15 is 0 Å². The van der Waals surface area contributed by atoms with Crippen molar-refractivity contribution in [1.82, 2.24) is 14.9 Å². The van der Waals surface area contributed by atoms with Crippen LogP contribution in [-0.4, -0.2) is 62.7 Å². The molecule has 2 aromatic carbocycles. The zero-order chi connectivity index (χ0) is 30.6. The summed E-state index contributed by atoms with van der Waals surface area (Å²) < 4.78 is 33.2. The van der Waals surface area contributed by atoms with Gasteiger partial charge in [-0.2, -0.15) is 4.31 Å². The first-order valence-corrected chi connectivity index (χ1v) is 16.4. The molecule has 232 valence electrons. The number of amides is 3. The zero-order valence-corrected chi connectivity index (χ0v) is 26.2. The number of benzene rings is 2. The smallest absolute Gasteiger partial charge is 0.407 e. The van der Waals surface area contributed by atoms with Crippen LogP contribution in [0, 0.1) is 0 Å². The number of hydrogen-bond donors (Lipinski definition) is 4. The summed E-state index contributed by atoms with van der Waals surface area (Å²) in [5.74, 6) is 0. The van der Waals surface area contributed by atoms with Gasteiger partial charge in [-0.25, -0.2) is 18.0 Å². The summed E-state index contributed by atoms with van der Waals surface area (Å²) in [5.41, 5.74) is 2.11. The quantitative estimate of drug-likeness (QED) is 0.217. The first kappa shape index (κ1) is 33.2. The summed E-state index contributed by atoms with van der Waals surface area (Å²) in [7, 11) is -3.62. The van der Waals surface area contributed by atoms with Crippen LogP contribution < -0.4 is 21.3 Å². The number of urea groups is 1. The third-order valence-corrected chi connectivity index (χ3v) is 8.84. The Balaban J connectivity index is 1.41. The Hall–Kier alpha value is -3.31. The maximum absolute atomic E-state index is 13.2. The third-order valence-electron chi connectivity index (χ3n) is 6.93. The number of anilines is 2. The Morgan fingerprint density at radius 3 is 2.14 bits per heavy atom. The predicted octanol–water partition coefficient (Wildman–Crippen LogP) is 5.72. The van der Waals surface area contributed by atoms with E-state index in [1.54, 1.807) is 24.3 Å². The van der Waals surface area contributed by atoms with Crippen LogP contribution in [0.3, 0.4) is 0 Å². The molecule has 42 heavy (non-hydrogen) atoms. The highest BCUT2D eigenvalue weighted by molar-refractivity contribution is 7.89. The van der Waals surface area contributed by atoms with Gasteiger partial charge in [-0.15, -0.1) is 0 Å². The number of ether oxygens (including phenoxy) is 1. The van der Waals surface area contributed by atoms with E-state index in [9.17, 15) is 18.0 Å². The number of carbonyl (C=O) groups excluding carboxylic acids is 2. The number of nitrogens with one attached hydrogen (secondary N) is 4. The van der Waals surface area contributed by atoms with Crippen LogP contribution in [0.15, 0.2) is 53.4 Å². The van der Waals surface area contributed by atoms with E-state index in [2.05, 4.69) is 28.2 Å². The van der Waals surface area contributed by atoms with Crippen molar-refractivity contribution in [3.8, 4) is 0 Å². The molecule has 1 fully saturated rings. The molecule has 1 aliphatic rings. The molecule has 1 heterocycles. The summed E-state index contributed by atoms with van der Waals surface area (Å²) >= 11 is 0. The van der Waals surface area contributed by atoms with Gasteiger partial charge in [0.05, 0.1) is 4.90 Å². The van der Waals surface area contributed by atoms with Crippen LogP contribution in [0.1, 0.15) is 71.8 Å². The Kier molecular flexibility index (Phi) is 12.5. The van der Waals surface area contributed by atoms with Gasteiger partial charge in [0, 0.05) is 43.6 Å². The average Bonchev–Trinajstić information content (AvgIpc) is 2.93. The molecule has 3 amide bonds. The monoisotopic (exact) mass is 601 g/mol. The maximum Gasteiger partial charge on any atom is 0.407 e. The van der Waals surface area contributed by atoms with Gasteiger partial charge in [0.25, 0.3) is 0 Å². The molecule has 0 radical (unpaired) electrons. The predicted molar refractivity (Wildman–Crippen MR) is 167 cm³/mol. The van der Waals surface area contributed by atoms with E-state index in [4.69, 9.17) is 4.74 Å². The normalized spacial score (nSPS) is 14.7. The van der Waals surface area contributed by atoms with Gasteiger partial charge in [-0.1, -0.05) is 38.3 Å². The summed E-state index contributed by atoms with van der Waals surface area (Å²) in [6, 6.07) is 14.3. The van der Waals surface area contributed by atoms with Crippen molar-refractivity contribution in [3.63, 3.8) is 0 Å². The number of unbranched alkanes of at least 4 members (excludes halogenated alkanes) is 3. The van der Waals surface area contributed by atoms with Gasteiger partial charge >= 0.3 is 12.1 Å². The summed E-state index contributed by atoms with van der Waals surface area (Å²) in [6.07, 6.45) is 5.98. The summed E-state index contributed by atoms with van der Waals surface area (Å²) in [5, 5.41) is 11.9. The molecule has 1 aliphatic heterocycles. The molecule has 0 saturated carbocycles. The number of sulfonamides is 1. The Morgan fingerprint density at radius 2 is 1.52 bits per heavy atom. The number of piperidine rings is 1.